The lowest BCUT2D eigenvalue weighted by atomic mass is 10.1. The molecule has 0 aliphatic carbocycles. The van der Waals surface area contributed by atoms with Crippen molar-refractivity contribution in [2.45, 2.75) is 13.8 Å². The third-order valence-electron chi connectivity index (χ3n) is 2.78. The summed E-state index contributed by atoms with van der Waals surface area (Å²) in [6.07, 6.45) is 0. The third kappa shape index (κ3) is 2.91. The Morgan fingerprint density at radius 3 is 2.60 bits per heavy atom. The molecule has 104 valence electrons. The van der Waals surface area contributed by atoms with Crippen LogP contribution in [0, 0.1) is 13.8 Å². The number of carboxylic acid groups (broad SMARTS) is 1. The molecule has 0 saturated heterocycles. The van der Waals surface area contributed by atoms with E-state index in [0.717, 1.165) is 22.5 Å². The first kappa shape index (κ1) is 14.7. The molecule has 0 atom stereocenters. The molecule has 2 N–H and O–H groups in total. The van der Waals surface area contributed by atoms with Gasteiger partial charge in [-0.15, -0.1) is 11.3 Å². The average molecular weight is 354 g/mol. The van der Waals surface area contributed by atoms with Gasteiger partial charge >= 0.3 is 5.97 Å². The van der Waals surface area contributed by atoms with Gasteiger partial charge in [0.1, 0.15) is 4.88 Å². The summed E-state index contributed by atoms with van der Waals surface area (Å²) in [6.45, 7) is 3.70. The van der Waals surface area contributed by atoms with Crippen LogP contribution in [-0.2, 0) is 0 Å². The van der Waals surface area contributed by atoms with Crippen molar-refractivity contribution in [2.75, 3.05) is 5.32 Å². The van der Waals surface area contributed by atoms with Crippen molar-refractivity contribution in [1.82, 2.24) is 0 Å². The van der Waals surface area contributed by atoms with Crippen LogP contribution in [-0.4, -0.2) is 17.0 Å². The summed E-state index contributed by atoms with van der Waals surface area (Å²) in [4.78, 5) is 23.5. The Bertz CT molecular complexity index is 694. The highest BCUT2D eigenvalue weighted by Crippen LogP contribution is 2.29. The molecular formula is C14H12BrNO3S. The second-order valence-corrected chi connectivity index (χ2v) is 6.10. The number of hydrogen-bond donors (Lipinski definition) is 2. The number of anilines is 1. The Hall–Kier alpha value is -1.66. The standard InChI is InChI=1S/C14H12BrNO3S/c1-7-3-4-9(10(15)5-7)13(17)16-11-8(2)6-20-12(11)14(18)19/h3-6H,1-2H3,(H,16,17)(H,18,19). The topological polar surface area (TPSA) is 66.4 Å². The Morgan fingerprint density at radius 1 is 1.30 bits per heavy atom. The van der Waals surface area contributed by atoms with Gasteiger partial charge in [0.15, 0.2) is 0 Å². The summed E-state index contributed by atoms with van der Waals surface area (Å²) < 4.78 is 0.680. The normalized spacial score (nSPS) is 10.3. The van der Waals surface area contributed by atoms with Crippen molar-refractivity contribution in [3.05, 3.63) is 49.6 Å². The number of carboxylic acids is 1. The molecule has 4 nitrogen and oxygen atoms in total. The van der Waals surface area contributed by atoms with E-state index in [1.54, 1.807) is 18.4 Å². The van der Waals surface area contributed by atoms with E-state index in [4.69, 9.17) is 5.11 Å². The van der Waals surface area contributed by atoms with Crippen molar-refractivity contribution >= 4 is 44.8 Å². The molecule has 1 amide bonds. The highest BCUT2D eigenvalue weighted by molar-refractivity contribution is 9.10. The van der Waals surface area contributed by atoms with E-state index >= 15 is 0 Å². The lowest BCUT2D eigenvalue weighted by molar-refractivity contribution is 0.0703. The zero-order valence-electron chi connectivity index (χ0n) is 10.9. The largest absolute Gasteiger partial charge is 0.477 e. The highest BCUT2D eigenvalue weighted by Gasteiger charge is 2.19. The molecule has 0 spiro atoms. The van der Waals surface area contributed by atoms with Crippen molar-refractivity contribution in [3.63, 3.8) is 0 Å². The maximum Gasteiger partial charge on any atom is 0.348 e. The number of rotatable bonds is 3. The first-order valence-electron chi connectivity index (χ1n) is 5.79. The quantitative estimate of drug-likeness (QED) is 0.873. The number of aryl methyl sites for hydroxylation is 2. The SMILES string of the molecule is Cc1ccc(C(=O)Nc2c(C)csc2C(=O)O)c(Br)c1. The molecule has 1 aromatic heterocycles. The fourth-order valence-electron chi connectivity index (χ4n) is 1.74. The van der Waals surface area contributed by atoms with Crippen LogP contribution in [0.3, 0.4) is 0 Å². The van der Waals surface area contributed by atoms with Gasteiger partial charge in [-0.05, 0) is 58.4 Å². The molecular weight excluding hydrogens is 342 g/mol. The van der Waals surface area contributed by atoms with E-state index < -0.39 is 5.97 Å². The Labute approximate surface area is 128 Å². The predicted octanol–water partition coefficient (Wildman–Crippen LogP) is 4.08. The van der Waals surface area contributed by atoms with Crippen LogP contribution in [0.2, 0.25) is 0 Å². The summed E-state index contributed by atoms with van der Waals surface area (Å²) in [5, 5.41) is 13.5. The van der Waals surface area contributed by atoms with Crippen molar-refractivity contribution < 1.29 is 14.7 Å². The van der Waals surface area contributed by atoms with Crippen molar-refractivity contribution in [1.29, 1.82) is 0 Å². The number of aromatic carboxylic acids is 1. The van der Waals surface area contributed by atoms with E-state index in [-0.39, 0.29) is 10.8 Å². The number of carbonyl (C=O) groups excluding carboxylic acids is 1. The Balaban J connectivity index is 2.33. The van der Waals surface area contributed by atoms with Gasteiger partial charge in [-0.2, -0.15) is 0 Å². The summed E-state index contributed by atoms with van der Waals surface area (Å²) in [5.41, 5.74) is 2.60. The van der Waals surface area contributed by atoms with E-state index in [2.05, 4.69) is 21.2 Å². The molecule has 0 aliphatic rings. The van der Waals surface area contributed by atoms with Crippen LogP contribution in [0.15, 0.2) is 28.1 Å². The van der Waals surface area contributed by atoms with Gasteiger partial charge in [0.25, 0.3) is 5.91 Å². The number of amides is 1. The predicted molar refractivity (Wildman–Crippen MR) is 82.8 cm³/mol. The summed E-state index contributed by atoms with van der Waals surface area (Å²) in [5.74, 6) is -1.37. The second-order valence-electron chi connectivity index (χ2n) is 4.37. The fourth-order valence-corrected chi connectivity index (χ4v) is 3.26. The van der Waals surface area contributed by atoms with Gasteiger partial charge in [0.2, 0.25) is 0 Å². The molecule has 6 heteroatoms. The number of hydrogen-bond acceptors (Lipinski definition) is 3. The zero-order chi connectivity index (χ0) is 14.9. The van der Waals surface area contributed by atoms with E-state index in [9.17, 15) is 9.59 Å². The fraction of sp³-hybridized carbons (Fsp3) is 0.143. The molecule has 1 heterocycles. The number of carbonyl (C=O) groups is 2. The summed E-state index contributed by atoms with van der Waals surface area (Å²) >= 11 is 4.45. The molecule has 20 heavy (non-hydrogen) atoms. The first-order chi connectivity index (χ1) is 9.40. The smallest absolute Gasteiger partial charge is 0.348 e. The molecule has 0 bridgehead atoms. The van der Waals surface area contributed by atoms with Gasteiger partial charge < -0.3 is 10.4 Å². The van der Waals surface area contributed by atoms with Crippen LogP contribution in [0.1, 0.15) is 31.2 Å². The monoisotopic (exact) mass is 353 g/mol. The van der Waals surface area contributed by atoms with Gasteiger partial charge in [0.05, 0.1) is 11.3 Å². The minimum absolute atomic E-state index is 0.138. The van der Waals surface area contributed by atoms with Crippen molar-refractivity contribution in [3.8, 4) is 0 Å². The molecule has 0 fully saturated rings. The summed E-state index contributed by atoms with van der Waals surface area (Å²) in [7, 11) is 0. The number of halogens is 1. The second kappa shape index (κ2) is 5.76. The number of benzene rings is 1. The Kier molecular flexibility index (Phi) is 4.25. The molecule has 0 radical (unpaired) electrons. The summed E-state index contributed by atoms with van der Waals surface area (Å²) in [6, 6.07) is 5.38. The van der Waals surface area contributed by atoms with Crippen molar-refractivity contribution in [2.24, 2.45) is 0 Å². The number of nitrogens with one attached hydrogen (secondary N) is 1. The van der Waals surface area contributed by atoms with Gasteiger partial charge in [-0.1, -0.05) is 6.07 Å². The molecule has 2 aromatic rings. The number of thiophene rings is 1. The lowest BCUT2D eigenvalue weighted by Crippen LogP contribution is -2.15. The minimum Gasteiger partial charge on any atom is -0.477 e. The molecule has 1 aromatic carbocycles. The molecule has 0 aliphatic heterocycles. The molecule has 2 rings (SSSR count). The zero-order valence-corrected chi connectivity index (χ0v) is 13.3. The third-order valence-corrected chi connectivity index (χ3v) is 4.52. The molecule has 0 saturated carbocycles. The van der Waals surface area contributed by atoms with E-state index in [0.29, 0.717) is 15.7 Å². The average Bonchev–Trinajstić information content (AvgIpc) is 2.71. The lowest BCUT2D eigenvalue weighted by Gasteiger charge is -2.08. The maximum absolute atomic E-state index is 12.2. The maximum atomic E-state index is 12.2. The van der Waals surface area contributed by atoms with Crippen LogP contribution < -0.4 is 5.32 Å². The van der Waals surface area contributed by atoms with Crippen LogP contribution in [0.5, 0.6) is 0 Å². The van der Waals surface area contributed by atoms with Gasteiger partial charge in [-0.3, -0.25) is 4.79 Å². The van der Waals surface area contributed by atoms with E-state index in [1.807, 2.05) is 19.1 Å². The van der Waals surface area contributed by atoms with Crippen LogP contribution in [0.25, 0.3) is 0 Å². The molecule has 0 unspecified atom stereocenters. The van der Waals surface area contributed by atoms with E-state index in [1.165, 1.54) is 0 Å². The van der Waals surface area contributed by atoms with Crippen LogP contribution >= 0.6 is 27.3 Å². The Morgan fingerprint density at radius 2 is 2.00 bits per heavy atom. The van der Waals surface area contributed by atoms with Gasteiger partial charge in [0, 0.05) is 4.47 Å². The highest BCUT2D eigenvalue weighted by atomic mass is 79.9. The first-order valence-corrected chi connectivity index (χ1v) is 7.46. The van der Waals surface area contributed by atoms with Gasteiger partial charge in [-0.25, -0.2) is 4.79 Å². The van der Waals surface area contributed by atoms with Crippen LogP contribution in [0.4, 0.5) is 5.69 Å². The minimum atomic E-state index is -1.04.